The molecular formula is C32H39N3O4S. The molecule has 0 bridgehead atoms. The number of aryl methyl sites for hydroxylation is 2. The highest BCUT2D eigenvalue weighted by atomic mass is 32.1. The summed E-state index contributed by atoms with van der Waals surface area (Å²) in [4.78, 5) is 42.7. The zero-order valence-corrected chi connectivity index (χ0v) is 24.9. The minimum absolute atomic E-state index is 0.0570. The maximum Gasteiger partial charge on any atom is 0.408 e. The van der Waals surface area contributed by atoms with E-state index in [0.29, 0.717) is 5.69 Å². The second-order valence-electron chi connectivity index (χ2n) is 11.7. The lowest BCUT2D eigenvalue weighted by molar-refractivity contribution is -0.141. The van der Waals surface area contributed by atoms with Gasteiger partial charge in [-0.2, -0.15) is 12.6 Å². The number of nitrogens with zero attached hydrogens (tertiary/aromatic N) is 1. The van der Waals surface area contributed by atoms with Crippen molar-refractivity contribution in [2.24, 2.45) is 5.92 Å². The summed E-state index contributed by atoms with van der Waals surface area (Å²) < 4.78 is 5.41. The molecule has 8 heteroatoms. The minimum Gasteiger partial charge on any atom is -0.444 e. The van der Waals surface area contributed by atoms with E-state index in [9.17, 15) is 14.4 Å². The molecule has 212 valence electrons. The van der Waals surface area contributed by atoms with Crippen LogP contribution in [0.25, 0.3) is 10.8 Å². The zero-order valence-electron chi connectivity index (χ0n) is 24.0. The average molecular weight is 562 g/mol. The van der Waals surface area contributed by atoms with Crippen molar-refractivity contribution >= 4 is 47.0 Å². The number of hydrogen-bond donors (Lipinski definition) is 3. The number of ether oxygens (including phenoxy) is 1. The van der Waals surface area contributed by atoms with Crippen LogP contribution in [0.3, 0.4) is 0 Å². The number of nitrogens with one attached hydrogen (secondary N) is 2. The van der Waals surface area contributed by atoms with Crippen molar-refractivity contribution < 1.29 is 19.1 Å². The maximum absolute atomic E-state index is 14.2. The van der Waals surface area contributed by atoms with Crippen molar-refractivity contribution in [3.63, 3.8) is 0 Å². The van der Waals surface area contributed by atoms with Gasteiger partial charge in [0.15, 0.2) is 0 Å². The highest BCUT2D eigenvalue weighted by Crippen LogP contribution is 2.42. The Kier molecular flexibility index (Phi) is 8.78. The first-order valence-corrected chi connectivity index (χ1v) is 14.3. The Morgan fingerprint density at radius 3 is 2.20 bits per heavy atom. The fraction of sp³-hybridized carbons (Fsp3) is 0.406. The Labute approximate surface area is 242 Å². The van der Waals surface area contributed by atoms with E-state index < -0.39 is 23.8 Å². The van der Waals surface area contributed by atoms with Crippen LogP contribution in [0.4, 0.5) is 10.5 Å². The molecule has 3 aromatic rings. The monoisotopic (exact) mass is 561 g/mol. The van der Waals surface area contributed by atoms with Crippen LogP contribution in [0.2, 0.25) is 0 Å². The third kappa shape index (κ3) is 6.78. The van der Waals surface area contributed by atoms with Crippen LogP contribution in [-0.4, -0.2) is 46.2 Å². The van der Waals surface area contributed by atoms with Gasteiger partial charge in [-0.1, -0.05) is 55.5 Å². The van der Waals surface area contributed by atoms with Crippen molar-refractivity contribution in [2.75, 3.05) is 11.1 Å². The van der Waals surface area contributed by atoms with E-state index in [4.69, 9.17) is 4.74 Å². The Balaban J connectivity index is 1.73. The molecule has 7 nitrogen and oxygen atoms in total. The summed E-state index contributed by atoms with van der Waals surface area (Å²) in [6.07, 6.45) is 0.0650. The third-order valence-electron chi connectivity index (χ3n) is 7.21. The summed E-state index contributed by atoms with van der Waals surface area (Å²) in [6.45, 7) is 11.2. The van der Waals surface area contributed by atoms with Gasteiger partial charge in [0.2, 0.25) is 5.91 Å². The van der Waals surface area contributed by atoms with Gasteiger partial charge in [-0.15, -0.1) is 0 Å². The van der Waals surface area contributed by atoms with Crippen molar-refractivity contribution in [1.29, 1.82) is 0 Å². The van der Waals surface area contributed by atoms with Crippen LogP contribution in [0.5, 0.6) is 0 Å². The molecule has 0 aliphatic heterocycles. The molecule has 1 aliphatic rings. The zero-order chi connectivity index (χ0) is 29.2. The van der Waals surface area contributed by atoms with E-state index >= 15 is 0 Å². The Morgan fingerprint density at radius 2 is 1.62 bits per heavy atom. The lowest BCUT2D eigenvalue weighted by Crippen LogP contribution is -2.54. The molecule has 4 atom stereocenters. The van der Waals surface area contributed by atoms with Gasteiger partial charge in [0, 0.05) is 17.5 Å². The molecule has 0 radical (unpaired) electrons. The number of anilines is 1. The number of benzene rings is 3. The smallest absolute Gasteiger partial charge is 0.408 e. The number of alkyl carbamates (subject to hydrolysis) is 1. The molecule has 0 heterocycles. The number of carbonyl (C=O) groups is 3. The van der Waals surface area contributed by atoms with E-state index in [1.54, 1.807) is 25.7 Å². The fourth-order valence-corrected chi connectivity index (χ4v) is 5.37. The van der Waals surface area contributed by atoms with Gasteiger partial charge in [-0.25, -0.2) is 4.79 Å². The quantitative estimate of drug-likeness (QED) is 0.286. The molecule has 40 heavy (non-hydrogen) atoms. The Hall–Kier alpha value is -3.52. The van der Waals surface area contributed by atoms with Crippen LogP contribution in [-0.2, 0) is 14.3 Å². The van der Waals surface area contributed by atoms with E-state index in [2.05, 4.69) is 30.2 Å². The van der Waals surface area contributed by atoms with Crippen molar-refractivity contribution in [1.82, 2.24) is 10.2 Å². The molecule has 3 amide bonds. The van der Waals surface area contributed by atoms with Gasteiger partial charge < -0.3 is 20.3 Å². The largest absolute Gasteiger partial charge is 0.444 e. The number of thiol groups is 1. The molecular weight excluding hydrogens is 522 g/mol. The molecule has 3 aromatic carbocycles. The van der Waals surface area contributed by atoms with Crippen LogP contribution >= 0.6 is 12.6 Å². The molecule has 4 unspecified atom stereocenters. The van der Waals surface area contributed by atoms with Crippen LogP contribution in [0.1, 0.15) is 56.8 Å². The number of carbonyl (C=O) groups excluding carboxylic acids is 3. The van der Waals surface area contributed by atoms with Gasteiger partial charge in [-0.3, -0.25) is 9.59 Å². The summed E-state index contributed by atoms with van der Waals surface area (Å²) >= 11 is 4.39. The van der Waals surface area contributed by atoms with Crippen LogP contribution in [0.15, 0.2) is 60.7 Å². The fourth-order valence-electron chi connectivity index (χ4n) is 5.12. The minimum atomic E-state index is -0.966. The van der Waals surface area contributed by atoms with Gasteiger partial charge in [0.25, 0.3) is 5.91 Å². The topological polar surface area (TPSA) is 87.7 Å². The lowest BCUT2D eigenvalue weighted by Gasteiger charge is -2.36. The molecule has 2 N–H and O–H groups in total. The summed E-state index contributed by atoms with van der Waals surface area (Å²) in [5.41, 5.74) is 2.52. The number of rotatable bonds is 8. The first-order chi connectivity index (χ1) is 18.9. The second-order valence-corrected chi connectivity index (χ2v) is 12.0. The summed E-state index contributed by atoms with van der Waals surface area (Å²) in [5.74, 6) is -0.403. The molecule has 0 aromatic heterocycles. The predicted octanol–water partition coefficient (Wildman–Crippen LogP) is 6.20. The van der Waals surface area contributed by atoms with Crippen LogP contribution < -0.4 is 10.6 Å². The third-order valence-corrected chi connectivity index (χ3v) is 7.57. The number of amides is 3. The standard InChI is InChI=1S/C32H39N3O4S/c1-19-10-9-11-20(2)27(19)28(29(36)33-24-15-14-22-12-7-8-13-23(22)17-24)35(26-16-21(26)3)30(37)25(18-40)34-31(38)39-32(4,5)6/h7-15,17,21,25-26,28,40H,16,18H2,1-6H3,(H,33,36)(H,34,38). The van der Waals surface area contributed by atoms with Crippen molar-refractivity contribution in [2.45, 2.75) is 71.7 Å². The number of fused-ring (bicyclic) bond motifs is 1. The van der Waals surface area contributed by atoms with Crippen molar-refractivity contribution in [3.05, 3.63) is 77.4 Å². The van der Waals surface area contributed by atoms with Gasteiger partial charge in [0.1, 0.15) is 17.7 Å². The SMILES string of the molecule is Cc1cccc(C)c1C(C(=O)Nc1ccc2ccccc2c1)N(C(=O)C(CS)NC(=O)OC(C)(C)C)C1CC1C. The summed E-state index contributed by atoms with van der Waals surface area (Å²) in [5, 5.41) is 7.84. The molecule has 0 saturated heterocycles. The lowest BCUT2D eigenvalue weighted by atomic mass is 9.93. The highest BCUT2D eigenvalue weighted by Gasteiger charge is 2.48. The van der Waals surface area contributed by atoms with E-state index in [0.717, 1.165) is 33.9 Å². The highest BCUT2D eigenvalue weighted by molar-refractivity contribution is 7.80. The van der Waals surface area contributed by atoms with Crippen LogP contribution in [0, 0.1) is 19.8 Å². The Morgan fingerprint density at radius 1 is 1.00 bits per heavy atom. The molecule has 1 aliphatic carbocycles. The molecule has 1 fully saturated rings. The Bertz CT molecular complexity index is 1400. The molecule has 4 rings (SSSR count). The summed E-state index contributed by atoms with van der Waals surface area (Å²) in [6, 6.07) is 17.5. The van der Waals surface area contributed by atoms with E-state index in [1.807, 2.05) is 74.5 Å². The summed E-state index contributed by atoms with van der Waals surface area (Å²) in [7, 11) is 0. The normalized spacial score (nSPS) is 18.0. The molecule has 1 saturated carbocycles. The van der Waals surface area contributed by atoms with E-state index in [1.165, 1.54) is 0 Å². The van der Waals surface area contributed by atoms with Gasteiger partial charge in [-0.05, 0) is 86.6 Å². The number of hydrogen-bond acceptors (Lipinski definition) is 5. The predicted molar refractivity (Wildman–Crippen MR) is 163 cm³/mol. The first kappa shape index (κ1) is 29.5. The van der Waals surface area contributed by atoms with E-state index in [-0.39, 0.29) is 29.5 Å². The van der Waals surface area contributed by atoms with Gasteiger partial charge in [0.05, 0.1) is 0 Å². The first-order valence-electron chi connectivity index (χ1n) is 13.7. The molecule has 0 spiro atoms. The second kappa shape index (κ2) is 11.9. The average Bonchev–Trinajstić information content (AvgIpc) is 3.60. The van der Waals surface area contributed by atoms with Gasteiger partial charge >= 0.3 is 6.09 Å². The van der Waals surface area contributed by atoms with Crippen molar-refractivity contribution in [3.8, 4) is 0 Å². The maximum atomic E-state index is 14.2.